The number of nitrogens with one attached hydrogen (secondary N) is 1. The topological polar surface area (TPSA) is 46.9 Å². The third-order valence-electron chi connectivity index (χ3n) is 2.94. The summed E-state index contributed by atoms with van der Waals surface area (Å²) in [6.07, 6.45) is 1.60. The minimum Gasteiger partial charge on any atom is -0.310 e. The van der Waals surface area contributed by atoms with Crippen molar-refractivity contribution in [3.8, 4) is 0 Å². The molecule has 1 N–H and O–H groups in total. The minimum atomic E-state index is -0.0263. The number of aromatic nitrogens is 2. The number of hydrogen-bond donors (Lipinski definition) is 1. The molecule has 0 radical (unpaired) electrons. The number of rotatable bonds is 5. The van der Waals surface area contributed by atoms with Crippen molar-refractivity contribution in [2.75, 3.05) is 6.54 Å². The van der Waals surface area contributed by atoms with Crippen LogP contribution in [0.15, 0.2) is 27.0 Å². The van der Waals surface area contributed by atoms with Gasteiger partial charge in [0, 0.05) is 24.5 Å². The van der Waals surface area contributed by atoms with Crippen LogP contribution in [-0.2, 0) is 13.1 Å². The zero-order chi connectivity index (χ0) is 13.8. The van der Waals surface area contributed by atoms with E-state index < -0.39 is 0 Å². The fourth-order valence-corrected chi connectivity index (χ4v) is 2.90. The lowest BCUT2D eigenvalue weighted by Crippen LogP contribution is -2.28. The standard InChI is InChI=1S/C13H16BrN3OS/c1-9-3-6-19-11(9)7-15-4-5-17-8-16-10(2)12(14)13(17)18/h3,6,8,15H,4-5,7H2,1-2H3. The van der Waals surface area contributed by atoms with Crippen LogP contribution >= 0.6 is 27.3 Å². The molecule has 0 aliphatic heterocycles. The van der Waals surface area contributed by atoms with E-state index in [1.54, 1.807) is 22.2 Å². The average Bonchev–Trinajstić information content (AvgIpc) is 2.80. The summed E-state index contributed by atoms with van der Waals surface area (Å²) in [7, 11) is 0. The summed E-state index contributed by atoms with van der Waals surface area (Å²) in [5, 5.41) is 5.44. The SMILES string of the molecule is Cc1ccsc1CNCCn1cnc(C)c(Br)c1=O. The zero-order valence-corrected chi connectivity index (χ0v) is 13.3. The van der Waals surface area contributed by atoms with Crippen LogP contribution in [0.25, 0.3) is 0 Å². The fraction of sp³-hybridized carbons (Fsp3) is 0.385. The second-order valence-electron chi connectivity index (χ2n) is 4.35. The average molecular weight is 342 g/mol. The van der Waals surface area contributed by atoms with Gasteiger partial charge in [0.05, 0.1) is 12.0 Å². The van der Waals surface area contributed by atoms with Crippen molar-refractivity contribution in [1.29, 1.82) is 0 Å². The molecule has 0 saturated heterocycles. The number of nitrogens with zero attached hydrogens (tertiary/aromatic N) is 2. The first-order valence-electron chi connectivity index (χ1n) is 6.05. The van der Waals surface area contributed by atoms with E-state index in [9.17, 15) is 4.79 Å². The van der Waals surface area contributed by atoms with Gasteiger partial charge in [-0.15, -0.1) is 11.3 Å². The summed E-state index contributed by atoms with van der Waals surface area (Å²) in [5.74, 6) is 0. The van der Waals surface area contributed by atoms with Crippen molar-refractivity contribution in [3.05, 3.63) is 48.7 Å². The van der Waals surface area contributed by atoms with Crippen molar-refractivity contribution in [1.82, 2.24) is 14.9 Å². The van der Waals surface area contributed by atoms with Gasteiger partial charge in [0.25, 0.3) is 5.56 Å². The lowest BCUT2D eigenvalue weighted by atomic mass is 10.3. The molecule has 0 bridgehead atoms. The van der Waals surface area contributed by atoms with Gasteiger partial charge in [0.2, 0.25) is 0 Å². The molecule has 0 spiro atoms. The summed E-state index contributed by atoms with van der Waals surface area (Å²) in [6, 6.07) is 2.12. The summed E-state index contributed by atoms with van der Waals surface area (Å²) < 4.78 is 2.16. The predicted octanol–water partition coefficient (Wildman–Crippen LogP) is 2.47. The molecule has 2 aromatic rings. The second kappa shape index (κ2) is 6.45. The molecule has 0 saturated carbocycles. The second-order valence-corrected chi connectivity index (χ2v) is 6.14. The zero-order valence-electron chi connectivity index (χ0n) is 10.9. The summed E-state index contributed by atoms with van der Waals surface area (Å²) in [6.45, 7) is 6.13. The Labute approximate surface area is 124 Å². The molecule has 2 rings (SSSR count). The molecular weight excluding hydrogens is 326 g/mol. The molecule has 102 valence electrons. The van der Waals surface area contributed by atoms with Crippen LogP contribution in [0, 0.1) is 13.8 Å². The Balaban J connectivity index is 1.88. The van der Waals surface area contributed by atoms with E-state index in [4.69, 9.17) is 0 Å². The fourth-order valence-electron chi connectivity index (χ4n) is 1.69. The molecule has 0 amide bonds. The molecule has 0 atom stereocenters. The van der Waals surface area contributed by atoms with E-state index >= 15 is 0 Å². The Bertz CT molecular complexity index is 621. The monoisotopic (exact) mass is 341 g/mol. The van der Waals surface area contributed by atoms with Crippen molar-refractivity contribution in [3.63, 3.8) is 0 Å². The van der Waals surface area contributed by atoms with Crippen LogP contribution < -0.4 is 10.9 Å². The quantitative estimate of drug-likeness (QED) is 0.850. The highest BCUT2D eigenvalue weighted by Gasteiger charge is 2.05. The Morgan fingerprint density at radius 3 is 2.95 bits per heavy atom. The van der Waals surface area contributed by atoms with Crippen LogP contribution in [-0.4, -0.2) is 16.1 Å². The van der Waals surface area contributed by atoms with Crippen molar-refractivity contribution in [2.24, 2.45) is 0 Å². The van der Waals surface area contributed by atoms with Gasteiger partial charge in [0.1, 0.15) is 4.47 Å². The highest BCUT2D eigenvalue weighted by atomic mass is 79.9. The molecule has 2 aromatic heterocycles. The smallest absolute Gasteiger partial charge is 0.267 e. The molecule has 0 aliphatic rings. The number of hydrogen-bond acceptors (Lipinski definition) is 4. The molecule has 4 nitrogen and oxygen atoms in total. The molecule has 0 aliphatic carbocycles. The highest BCUT2D eigenvalue weighted by Crippen LogP contribution is 2.14. The maximum atomic E-state index is 11.9. The molecule has 2 heterocycles. The van der Waals surface area contributed by atoms with Crippen molar-refractivity contribution in [2.45, 2.75) is 26.9 Å². The third kappa shape index (κ3) is 3.52. The third-order valence-corrected chi connectivity index (χ3v) is 4.88. The Morgan fingerprint density at radius 2 is 2.26 bits per heavy atom. The van der Waals surface area contributed by atoms with Gasteiger partial charge in [0.15, 0.2) is 0 Å². The van der Waals surface area contributed by atoms with Gasteiger partial charge in [-0.2, -0.15) is 0 Å². The van der Waals surface area contributed by atoms with E-state index in [2.05, 4.69) is 44.6 Å². The minimum absolute atomic E-state index is 0.0263. The van der Waals surface area contributed by atoms with Gasteiger partial charge in [-0.1, -0.05) is 0 Å². The Hall–Kier alpha value is -0.980. The van der Waals surface area contributed by atoms with Crippen LogP contribution in [0.5, 0.6) is 0 Å². The number of aryl methyl sites for hydroxylation is 2. The largest absolute Gasteiger partial charge is 0.310 e. The lowest BCUT2D eigenvalue weighted by Gasteiger charge is -2.08. The summed E-state index contributed by atoms with van der Waals surface area (Å²) in [5.41, 5.74) is 2.01. The van der Waals surface area contributed by atoms with Crippen LogP contribution in [0.2, 0.25) is 0 Å². The maximum absolute atomic E-state index is 11.9. The summed E-state index contributed by atoms with van der Waals surface area (Å²) in [4.78, 5) is 17.4. The first-order valence-corrected chi connectivity index (χ1v) is 7.72. The van der Waals surface area contributed by atoms with Gasteiger partial charge >= 0.3 is 0 Å². The van der Waals surface area contributed by atoms with Crippen LogP contribution in [0.3, 0.4) is 0 Å². The van der Waals surface area contributed by atoms with E-state index in [-0.39, 0.29) is 5.56 Å². The maximum Gasteiger partial charge on any atom is 0.267 e. The van der Waals surface area contributed by atoms with Crippen molar-refractivity contribution < 1.29 is 0 Å². The van der Waals surface area contributed by atoms with Gasteiger partial charge in [-0.05, 0) is 46.8 Å². The van der Waals surface area contributed by atoms with E-state index in [1.807, 2.05) is 6.92 Å². The lowest BCUT2D eigenvalue weighted by molar-refractivity contribution is 0.577. The molecule has 0 unspecified atom stereocenters. The molecule has 19 heavy (non-hydrogen) atoms. The summed E-state index contributed by atoms with van der Waals surface area (Å²) >= 11 is 5.02. The molecule has 0 fully saturated rings. The number of halogens is 1. The Morgan fingerprint density at radius 1 is 1.47 bits per heavy atom. The van der Waals surface area contributed by atoms with Gasteiger partial charge in [-0.3, -0.25) is 9.36 Å². The Kier molecular flexibility index (Phi) is 4.90. The van der Waals surface area contributed by atoms with E-state index in [0.717, 1.165) is 18.8 Å². The van der Waals surface area contributed by atoms with Crippen molar-refractivity contribution >= 4 is 27.3 Å². The molecular formula is C13H16BrN3OS. The predicted molar refractivity (Wildman–Crippen MR) is 81.7 cm³/mol. The normalized spacial score (nSPS) is 10.9. The molecule has 0 aromatic carbocycles. The molecule has 6 heteroatoms. The van der Waals surface area contributed by atoms with E-state index in [1.165, 1.54) is 10.4 Å². The van der Waals surface area contributed by atoms with Gasteiger partial charge in [-0.25, -0.2) is 4.98 Å². The first kappa shape index (κ1) is 14.4. The van der Waals surface area contributed by atoms with E-state index in [0.29, 0.717) is 11.0 Å². The highest BCUT2D eigenvalue weighted by molar-refractivity contribution is 9.10. The van der Waals surface area contributed by atoms with Gasteiger partial charge < -0.3 is 5.32 Å². The number of thiophene rings is 1. The van der Waals surface area contributed by atoms with Crippen LogP contribution in [0.4, 0.5) is 0 Å². The van der Waals surface area contributed by atoms with Crippen LogP contribution in [0.1, 0.15) is 16.1 Å². The first-order chi connectivity index (χ1) is 9.09.